The maximum absolute atomic E-state index is 11.3. The summed E-state index contributed by atoms with van der Waals surface area (Å²) in [6, 6.07) is 8.56. The molecule has 2 heteroatoms. The van der Waals surface area contributed by atoms with Crippen molar-refractivity contribution in [3.05, 3.63) is 35.4 Å². The normalized spacial score (nSPS) is 10.8. The zero-order chi connectivity index (χ0) is 12.0. The van der Waals surface area contributed by atoms with Crippen LogP contribution >= 0.6 is 0 Å². The summed E-state index contributed by atoms with van der Waals surface area (Å²) in [4.78, 5) is 11.3. The first-order chi connectivity index (χ1) is 7.63. The van der Waals surface area contributed by atoms with Crippen LogP contribution in [0.4, 0.5) is 0 Å². The van der Waals surface area contributed by atoms with E-state index >= 15 is 0 Å². The molecule has 0 fully saturated rings. The Balaban J connectivity index is 2.46. The number of rotatable bonds is 6. The molecule has 0 amide bonds. The Bertz CT molecular complexity index is 327. The highest BCUT2D eigenvalue weighted by atomic mass is 16.1. The van der Waals surface area contributed by atoms with Crippen LogP contribution in [0.15, 0.2) is 24.3 Å². The second-order valence-electron chi connectivity index (χ2n) is 4.47. The summed E-state index contributed by atoms with van der Waals surface area (Å²) in [5, 5.41) is 2.88. The molecule has 0 saturated carbocycles. The second kappa shape index (κ2) is 6.44. The molecule has 0 aliphatic rings. The zero-order valence-electron chi connectivity index (χ0n) is 10.4. The lowest BCUT2D eigenvalue weighted by Gasteiger charge is -2.06. The van der Waals surface area contributed by atoms with Crippen molar-refractivity contribution in [3.63, 3.8) is 0 Å². The van der Waals surface area contributed by atoms with Crippen molar-refractivity contribution in [2.75, 3.05) is 13.6 Å². The van der Waals surface area contributed by atoms with Crippen LogP contribution < -0.4 is 5.32 Å². The molecule has 1 aromatic carbocycles. The average molecular weight is 219 g/mol. The fourth-order valence-electron chi connectivity index (χ4n) is 1.64. The van der Waals surface area contributed by atoms with Gasteiger partial charge in [0.15, 0.2) is 0 Å². The molecule has 1 N–H and O–H groups in total. The van der Waals surface area contributed by atoms with Gasteiger partial charge in [0, 0.05) is 6.42 Å². The van der Waals surface area contributed by atoms with Crippen molar-refractivity contribution >= 4 is 5.78 Å². The van der Waals surface area contributed by atoms with Crippen LogP contribution in [0, 0.1) is 0 Å². The van der Waals surface area contributed by atoms with E-state index in [0.717, 1.165) is 6.42 Å². The van der Waals surface area contributed by atoms with Gasteiger partial charge in [0.1, 0.15) is 5.78 Å². The number of benzene rings is 1. The highest BCUT2D eigenvalue weighted by Crippen LogP contribution is 2.15. The standard InChI is InChI=1S/C14H21NO/c1-11(2)13-7-4-12(5-8-13)6-9-14(16)10-15-3/h4-5,7-8,11,15H,6,9-10H2,1-3H3. The van der Waals surface area contributed by atoms with E-state index in [1.54, 1.807) is 7.05 Å². The maximum atomic E-state index is 11.3. The smallest absolute Gasteiger partial charge is 0.146 e. The lowest BCUT2D eigenvalue weighted by molar-refractivity contribution is -0.118. The third-order valence-corrected chi connectivity index (χ3v) is 2.71. The Labute approximate surface area is 98.1 Å². The molecular formula is C14H21NO. The minimum absolute atomic E-state index is 0.274. The molecule has 0 unspecified atom stereocenters. The Kier molecular flexibility index (Phi) is 5.20. The van der Waals surface area contributed by atoms with Gasteiger partial charge in [-0.05, 0) is 30.5 Å². The van der Waals surface area contributed by atoms with Gasteiger partial charge >= 0.3 is 0 Å². The van der Waals surface area contributed by atoms with Crippen molar-refractivity contribution in [3.8, 4) is 0 Å². The second-order valence-corrected chi connectivity index (χ2v) is 4.47. The van der Waals surface area contributed by atoms with E-state index in [-0.39, 0.29) is 5.78 Å². The molecule has 0 radical (unpaired) electrons. The van der Waals surface area contributed by atoms with Crippen LogP contribution in [-0.4, -0.2) is 19.4 Å². The maximum Gasteiger partial charge on any atom is 0.146 e. The fraction of sp³-hybridized carbons (Fsp3) is 0.500. The lowest BCUT2D eigenvalue weighted by atomic mass is 10.00. The van der Waals surface area contributed by atoms with E-state index in [9.17, 15) is 4.79 Å². The summed E-state index contributed by atoms with van der Waals surface area (Å²) in [5.41, 5.74) is 2.60. The molecule has 0 bridgehead atoms. The minimum atomic E-state index is 0.274. The molecule has 16 heavy (non-hydrogen) atoms. The number of likely N-dealkylation sites (N-methyl/N-ethyl adjacent to an activating group) is 1. The van der Waals surface area contributed by atoms with E-state index in [1.807, 2.05) is 0 Å². The number of aryl methyl sites for hydroxylation is 1. The monoisotopic (exact) mass is 219 g/mol. The van der Waals surface area contributed by atoms with Gasteiger partial charge < -0.3 is 5.32 Å². The summed E-state index contributed by atoms with van der Waals surface area (Å²) in [6.45, 7) is 4.85. The molecule has 0 aliphatic heterocycles. The van der Waals surface area contributed by atoms with Gasteiger partial charge in [-0.1, -0.05) is 38.1 Å². The molecule has 0 saturated heterocycles. The van der Waals surface area contributed by atoms with Crippen molar-refractivity contribution in [2.24, 2.45) is 0 Å². The van der Waals surface area contributed by atoms with Crippen LogP contribution in [0.25, 0.3) is 0 Å². The third kappa shape index (κ3) is 4.15. The van der Waals surface area contributed by atoms with E-state index < -0.39 is 0 Å². The van der Waals surface area contributed by atoms with Crippen molar-refractivity contribution in [1.82, 2.24) is 5.32 Å². The van der Waals surface area contributed by atoms with Crippen molar-refractivity contribution in [2.45, 2.75) is 32.6 Å². The lowest BCUT2D eigenvalue weighted by Crippen LogP contribution is -2.18. The SMILES string of the molecule is CNCC(=O)CCc1ccc(C(C)C)cc1. The largest absolute Gasteiger partial charge is 0.313 e. The number of carbonyl (C=O) groups excluding carboxylic acids is 1. The van der Waals surface area contributed by atoms with Crippen molar-refractivity contribution < 1.29 is 4.79 Å². The number of nitrogens with one attached hydrogen (secondary N) is 1. The van der Waals surface area contributed by atoms with Gasteiger partial charge in [0.25, 0.3) is 0 Å². The molecule has 0 atom stereocenters. The molecular weight excluding hydrogens is 198 g/mol. The van der Waals surface area contributed by atoms with Crippen molar-refractivity contribution in [1.29, 1.82) is 0 Å². The van der Waals surface area contributed by atoms with Crippen LogP contribution in [0.3, 0.4) is 0 Å². The molecule has 0 aromatic heterocycles. The highest BCUT2D eigenvalue weighted by molar-refractivity contribution is 5.80. The molecule has 0 spiro atoms. The van der Waals surface area contributed by atoms with Gasteiger partial charge in [-0.3, -0.25) is 4.79 Å². The van der Waals surface area contributed by atoms with Gasteiger partial charge in [-0.2, -0.15) is 0 Å². The van der Waals surface area contributed by atoms with Crippen LogP contribution in [0.1, 0.15) is 37.3 Å². The molecule has 0 heterocycles. The molecule has 1 aromatic rings. The summed E-state index contributed by atoms with van der Waals surface area (Å²) in [5.74, 6) is 0.843. The quantitative estimate of drug-likeness (QED) is 0.796. The first-order valence-corrected chi connectivity index (χ1v) is 5.88. The summed E-state index contributed by atoms with van der Waals surface area (Å²) < 4.78 is 0. The fourth-order valence-corrected chi connectivity index (χ4v) is 1.64. The number of hydrogen-bond acceptors (Lipinski definition) is 2. The third-order valence-electron chi connectivity index (χ3n) is 2.71. The van der Waals surface area contributed by atoms with Gasteiger partial charge in [-0.15, -0.1) is 0 Å². The molecule has 0 aliphatic carbocycles. The Hall–Kier alpha value is -1.15. The molecule has 1 rings (SSSR count). The van der Waals surface area contributed by atoms with Gasteiger partial charge in [-0.25, -0.2) is 0 Å². The number of ketones is 1. The van der Waals surface area contributed by atoms with Gasteiger partial charge in [0.2, 0.25) is 0 Å². The Morgan fingerprint density at radius 1 is 1.25 bits per heavy atom. The first-order valence-electron chi connectivity index (χ1n) is 5.88. The van der Waals surface area contributed by atoms with E-state index in [2.05, 4.69) is 43.4 Å². The van der Waals surface area contributed by atoms with Crippen LogP contribution in [0.2, 0.25) is 0 Å². The van der Waals surface area contributed by atoms with Gasteiger partial charge in [0.05, 0.1) is 6.54 Å². The summed E-state index contributed by atoms with van der Waals surface area (Å²) in [6.07, 6.45) is 1.47. The average Bonchev–Trinajstić information content (AvgIpc) is 2.27. The predicted molar refractivity (Wildman–Crippen MR) is 67.8 cm³/mol. The number of carbonyl (C=O) groups is 1. The molecule has 2 nitrogen and oxygen atoms in total. The Morgan fingerprint density at radius 2 is 1.88 bits per heavy atom. The number of hydrogen-bond donors (Lipinski definition) is 1. The zero-order valence-corrected chi connectivity index (χ0v) is 10.4. The summed E-state index contributed by atoms with van der Waals surface area (Å²) in [7, 11) is 1.80. The predicted octanol–water partition coefficient (Wildman–Crippen LogP) is 2.53. The highest BCUT2D eigenvalue weighted by Gasteiger charge is 2.02. The minimum Gasteiger partial charge on any atom is -0.313 e. The van der Waals surface area contributed by atoms with Crippen LogP contribution in [0.5, 0.6) is 0 Å². The van der Waals surface area contributed by atoms with Crippen LogP contribution in [-0.2, 0) is 11.2 Å². The van der Waals surface area contributed by atoms with E-state index in [0.29, 0.717) is 18.9 Å². The van der Waals surface area contributed by atoms with E-state index in [1.165, 1.54) is 11.1 Å². The summed E-state index contributed by atoms with van der Waals surface area (Å²) >= 11 is 0. The topological polar surface area (TPSA) is 29.1 Å². The first kappa shape index (κ1) is 12.9. The number of Topliss-reactive ketones (excluding diaryl/α,β-unsaturated/α-hetero) is 1. The van der Waals surface area contributed by atoms with E-state index in [4.69, 9.17) is 0 Å². The molecule has 88 valence electrons. The Morgan fingerprint density at radius 3 is 2.38 bits per heavy atom.